The zero-order chi connectivity index (χ0) is 20.1. The highest BCUT2D eigenvalue weighted by atomic mass is 16.6. The molecule has 0 atom stereocenters. The maximum atomic E-state index is 12.5. The van der Waals surface area contributed by atoms with Crippen LogP contribution < -0.4 is 16.0 Å². The Labute approximate surface area is 162 Å². The summed E-state index contributed by atoms with van der Waals surface area (Å²) in [5.74, 6) is -0.829. The van der Waals surface area contributed by atoms with Gasteiger partial charge in [0.05, 0.1) is 22.7 Å². The minimum Gasteiger partial charge on any atom is -0.370 e. The van der Waals surface area contributed by atoms with E-state index in [9.17, 15) is 19.7 Å². The van der Waals surface area contributed by atoms with E-state index in [0.717, 1.165) is 31.6 Å². The summed E-state index contributed by atoms with van der Waals surface area (Å²) in [6.07, 6.45) is 3.40. The van der Waals surface area contributed by atoms with Crippen LogP contribution in [0, 0.1) is 10.1 Å². The van der Waals surface area contributed by atoms with Gasteiger partial charge in [0.15, 0.2) is 0 Å². The van der Waals surface area contributed by atoms with Gasteiger partial charge in [-0.3, -0.25) is 19.7 Å². The number of carbonyl (C=O) groups is 2. The molecule has 8 heteroatoms. The first-order chi connectivity index (χ1) is 13.4. The summed E-state index contributed by atoms with van der Waals surface area (Å²) in [6, 6.07) is 10.9. The molecular formula is C20H22N4O4. The van der Waals surface area contributed by atoms with Crippen molar-refractivity contribution in [3.05, 3.63) is 63.7 Å². The van der Waals surface area contributed by atoms with E-state index < -0.39 is 10.8 Å². The van der Waals surface area contributed by atoms with Gasteiger partial charge in [0, 0.05) is 30.8 Å². The van der Waals surface area contributed by atoms with Gasteiger partial charge in [-0.25, -0.2) is 0 Å². The largest absolute Gasteiger partial charge is 0.370 e. The maximum absolute atomic E-state index is 12.5. The second-order valence-corrected chi connectivity index (χ2v) is 6.79. The summed E-state index contributed by atoms with van der Waals surface area (Å²) < 4.78 is 0. The molecule has 28 heavy (non-hydrogen) atoms. The number of primary amides is 1. The average molecular weight is 382 g/mol. The Balaban J connectivity index is 1.78. The highest BCUT2D eigenvalue weighted by molar-refractivity contribution is 5.99. The number of carbonyl (C=O) groups excluding carboxylic acids is 2. The predicted octanol–water partition coefficient (Wildman–Crippen LogP) is 2.87. The number of nitro benzene ring substituents is 1. The summed E-state index contributed by atoms with van der Waals surface area (Å²) in [5, 5.41) is 13.6. The Morgan fingerprint density at radius 2 is 1.75 bits per heavy atom. The molecule has 2 amide bonds. The third-order valence-corrected chi connectivity index (χ3v) is 4.76. The smallest absolute Gasteiger partial charge is 0.269 e. The fourth-order valence-electron chi connectivity index (χ4n) is 3.32. The fourth-order valence-corrected chi connectivity index (χ4v) is 3.32. The van der Waals surface area contributed by atoms with Crippen LogP contribution in [-0.2, 0) is 11.2 Å². The molecule has 1 fully saturated rings. The predicted molar refractivity (Wildman–Crippen MR) is 106 cm³/mol. The zero-order valence-electron chi connectivity index (χ0n) is 15.4. The van der Waals surface area contributed by atoms with Gasteiger partial charge in [0.1, 0.15) is 0 Å². The number of non-ortho nitro benzene ring substituents is 1. The molecule has 2 aromatic carbocycles. The molecule has 2 aromatic rings. The molecule has 1 aliphatic heterocycles. The van der Waals surface area contributed by atoms with E-state index in [2.05, 4.69) is 10.2 Å². The molecule has 0 radical (unpaired) electrons. The van der Waals surface area contributed by atoms with Crippen LogP contribution in [0.5, 0.6) is 0 Å². The van der Waals surface area contributed by atoms with Gasteiger partial charge in [-0.2, -0.15) is 0 Å². The summed E-state index contributed by atoms with van der Waals surface area (Å²) in [4.78, 5) is 36.5. The van der Waals surface area contributed by atoms with Crippen molar-refractivity contribution in [2.24, 2.45) is 5.73 Å². The monoisotopic (exact) mass is 382 g/mol. The molecule has 0 unspecified atom stereocenters. The summed E-state index contributed by atoms with van der Waals surface area (Å²) in [6.45, 7) is 1.78. The lowest BCUT2D eigenvalue weighted by molar-refractivity contribution is -0.384. The molecule has 3 N–H and O–H groups in total. The van der Waals surface area contributed by atoms with Crippen LogP contribution in [0.2, 0.25) is 0 Å². The molecule has 0 aliphatic carbocycles. The number of hydrogen-bond donors (Lipinski definition) is 2. The lowest BCUT2D eigenvalue weighted by Crippen LogP contribution is -2.30. The topological polar surface area (TPSA) is 119 Å². The van der Waals surface area contributed by atoms with Crippen molar-refractivity contribution in [1.82, 2.24) is 0 Å². The highest BCUT2D eigenvalue weighted by Crippen LogP contribution is 2.30. The Hall–Kier alpha value is -3.42. The van der Waals surface area contributed by atoms with E-state index in [-0.39, 0.29) is 18.0 Å². The van der Waals surface area contributed by atoms with E-state index in [1.807, 2.05) is 6.07 Å². The molecule has 1 saturated heterocycles. The number of amides is 2. The van der Waals surface area contributed by atoms with Gasteiger partial charge in [0.2, 0.25) is 11.8 Å². The van der Waals surface area contributed by atoms with E-state index in [0.29, 0.717) is 16.8 Å². The minimum absolute atomic E-state index is 0.0225. The first-order valence-corrected chi connectivity index (χ1v) is 9.16. The van der Waals surface area contributed by atoms with Crippen molar-refractivity contribution >= 4 is 28.9 Å². The van der Waals surface area contributed by atoms with Crippen LogP contribution in [0.4, 0.5) is 17.1 Å². The van der Waals surface area contributed by atoms with Crippen LogP contribution in [-0.4, -0.2) is 29.8 Å². The average Bonchev–Trinajstić information content (AvgIpc) is 2.69. The molecule has 0 saturated carbocycles. The number of nitrogens with two attached hydrogens (primary N) is 1. The fraction of sp³-hybridized carbons (Fsp3) is 0.300. The molecule has 0 spiro atoms. The lowest BCUT2D eigenvalue weighted by Gasteiger charge is -2.30. The van der Waals surface area contributed by atoms with E-state index in [4.69, 9.17) is 5.73 Å². The van der Waals surface area contributed by atoms with Crippen LogP contribution >= 0.6 is 0 Å². The van der Waals surface area contributed by atoms with Crippen molar-refractivity contribution in [3.8, 4) is 0 Å². The molecular weight excluding hydrogens is 360 g/mol. The van der Waals surface area contributed by atoms with Crippen LogP contribution in [0.15, 0.2) is 42.5 Å². The molecule has 1 heterocycles. The number of benzene rings is 2. The molecule has 146 valence electrons. The minimum atomic E-state index is -0.559. The summed E-state index contributed by atoms with van der Waals surface area (Å²) >= 11 is 0. The number of hydrogen-bond acceptors (Lipinski definition) is 5. The van der Waals surface area contributed by atoms with Crippen molar-refractivity contribution < 1.29 is 14.5 Å². The first kappa shape index (κ1) is 19.3. The normalized spacial score (nSPS) is 13.8. The van der Waals surface area contributed by atoms with Crippen molar-refractivity contribution in [2.45, 2.75) is 25.7 Å². The van der Waals surface area contributed by atoms with Gasteiger partial charge in [-0.05, 0) is 43.0 Å². The number of nitro groups is 1. The Bertz CT molecular complexity index is 890. The molecule has 0 aromatic heterocycles. The third-order valence-electron chi connectivity index (χ3n) is 4.76. The number of anilines is 2. The van der Waals surface area contributed by atoms with Crippen molar-refractivity contribution in [3.63, 3.8) is 0 Å². The Kier molecular flexibility index (Phi) is 5.88. The standard InChI is InChI=1S/C20H22N4O4/c21-20(26)15-6-9-18(23-10-2-1-3-11-23)17(13-15)22-19(25)12-14-4-7-16(8-5-14)24(27)28/h4-9,13H,1-3,10-12H2,(H2,21,26)(H,22,25). The maximum Gasteiger partial charge on any atom is 0.269 e. The number of rotatable bonds is 6. The second kappa shape index (κ2) is 8.51. The number of piperidine rings is 1. The summed E-state index contributed by atoms with van der Waals surface area (Å²) in [7, 11) is 0. The molecule has 8 nitrogen and oxygen atoms in total. The molecule has 3 rings (SSSR count). The Morgan fingerprint density at radius 3 is 2.36 bits per heavy atom. The lowest BCUT2D eigenvalue weighted by atomic mass is 10.1. The van der Waals surface area contributed by atoms with Gasteiger partial charge < -0.3 is 16.0 Å². The van der Waals surface area contributed by atoms with E-state index in [1.54, 1.807) is 24.3 Å². The van der Waals surface area contributed by atoms with Crippen molar-refractivity contribution in [1.29, 1.82) is 0 Å². The Morgan fingerprint density at radius 1 is 1.07 bits per heavy atom. The third kappa shape index (κ3) is 4.64. The second-order valence-electron chi connectivity index (χ2n) is 6.79. The van der Waals surface area contributed by atoms with Crippen molar-refractivity contribution in [2.75, 3.05) is 23.3 Å². The van der Waals surface area contributed by atoms with Crippen LogP contribution in [0.3, 0.4) is 0 Å². The first-order valence-electron chi connectivity index (χ1n) is 9.16. The SMILES string of the molecule is NC(=O)c1ccc(N2CCCCC2)c(NC(=O)Cc2ccc([N+](=O)[O-])cc2)c1. The van der Waals surface area contributed by atoms with Gasteiger partial charge in [-0.15, -0.1) is 0 Å². The van der Waals surface area contributed by atoms with E-state index in [1.165, 1.54) is 18.6 Å². The van der Waals surface area contributed by atoms with Crippen LogP contribution in [0.1, 0.15) is 35.2 Å². The summed E-state index contributed by atoms with van der Waals surface area (Å²) in [5.41, 5.74) is 7.76. The molecule has 1 aliphatic rings. The highest BCUT2D eigenvalue weighted by Gasteiger charge is 2.18. The molecule has 0 bridgehead atoms. The number of nitrogens with one attached hydrogen (secondary N) is 1. The number of nitrogens with zero attached hydrogens (tertiary/aromatic N) is 2. The zero-order valence-corrected chi connectivity index (χ0v) is 15.4. The van der Waals surface area contributed by atoms with Gasteiger partial charge in [-0.1, -0.05) is 12.1 Å². The quantitative estimate of drug-likeness (QED) is 0.588. The van der Waals surface area contributed by atoms with Gasteiger partial charge in [0.25, 0.3) is 5.69 Å². The van der Waals surface area contributed by atoms with E-state index >= 15 is 0 Å². The van der Waals surface area contributed by atoms with Gasteiger partial charge >= 0.3 is 0 Å². The van der Waals surface area contributed by atoms with Crippen LogP contribution in [0.25, 0.3) is 0 Å².